The molecule has 77 heavy (non-hydrogen) atoms. The van der Waals surface area contributed by atoms with Crippen molar-refractivity contribution in [2.75, 3.05) is 13.1 Å². The largest absolute Gasteiger partial charge is 0.457 e. The van der Waals surface area contributed by atoms with Crippen molar-refractivity contribution in [3.8, 4) is 54.0 Å². The number of amides is 4. The Labute approximate surface area is 496 Å². The van der Waals surface area contributed by atoms with Gasteiger partial charge < -0.3 is 4.74 Å². The minimum atomic E-state index is -0.300. The van der Waals surface area contributed by atoms with Crippen LogP contribution in [0.25, 0.3) is 42.5 Å². The van der Waals surface area contributed by atoms with Gasteiger partial charge in [0.2, 0.25) is 35.3 Å². The summed E-state index contributed by atoms with van der Waals surface area (Å²) in [5.74, 6) is 2.19. The number of ether oxygens (including phenoxy) is 1. The second-order valence-corrected chi connectivity index (χ2v) is 28.0. The SMILES string of the molecule is Brc1ccc(-c2nnc(-c3ccc(Br)s3)nn2)s1.CCCCN1C(=O)C2CC=CCC2C1=O.CCCCN1C(=O)C2Cc3c(-c4ccc(Br)s4)nnc(-c4ccc(Br)s4)c3CC2C1=O.c1ccc(Oc2ccccc2)cc1. The van der Waals surface area contributed by atoms with Gasteiger partial charge >= 0.3 is 0 Å². The summed E-state index contributed by atoms with van der Waals surface area (Å²) < 4.78 is 9.70. The number of imide groups is 2. The Morgan fingerprint density at radius 3 is 1.12 bits per heavy atom. The number of carbonyl (C=O) groups excluding carboxylic acids is 4. The molecule has 8 aromatic rings. The molecule has 2 fully saturated rings. The van der Waals surface area contributed by atoms with E-state index in [2.05, 4.69) is 108 Å². The lowest BCUT2D eigenvalue weighted by Crippen LogP contribution is -2.32. The van der Waals surface area contributed by atoms with Crippen LogP contribution < -0.4 is 4.74 Å². The maximum Gasteiger partial charge on any atom is 0.233 e. The number of para-hydroxylation sites is 2. The summed E-state index contributed by atoms with van der Waals surface area (Å²) in [5, 5.41) is 25.6. The van der Waals surface area contributed by atoms with Crippen LogP contribution in [0.2, 0.25) is 0 Å². The van der Waals surface area contributed by atoms with Crippen LogP contribution in [-0.4, -0.2) is 77.1 Å². The lowest BCUT2D eigenvalue weighted by Gasteiger charge is -2.26. The molecule has 0 spiro atoms. The fourth-order valence-electron chi connectivity index (χ4n) is 9.33. The van der Waals surface area contributed by atoms with Crippen molar-refractivity contribution in [3.05, 3.63) is 148 Å². The smallest absolute Gasteiger partial charge is 0.233 e. The predicted octanol–water partition coefficient (Wildman–Crippen LogP) is 15.4. The second-order valence-electron chi connectivity index (χ2n) is 18.2. The highest BCUT2D eigenvalue weighted by molar-refractivity contribution is 9.11. The van der Waals surface area contributed by atoms with E-state index in [-0.39, 0.29) is 47.3 Å². The molecule has 12 rings (SSSR count). The highest BCUT2D eigenvalue weighted by Gasteiger charge is 2.50. The lowest BCUT2D eigenvalue weighted by molar-refractivity contribution is -0.141. The molecule has 8 heterocycles. The van der Waals surface area contributed by atoms with Crippen molar-refractivity contribution in [1.29, 1.82) is 0 Å². The van der Waals surface area contributed by atoms with Gasteiger partial charge in [-0.15, -0.1) is 75.9 Å². The molecule has 0 N–H and O–H groups in total. The zero-order valence-corrected chi connectivity index (χ0v) is 51.3. The lowest BCUT2D eigenvalue weighted by atomic mass is 9.76. The number of rotatable bonds is 12. The quantitative estimate of drug-likeness (QED) is 0.0845. The van der Waals surface area contributed by atoms with Gasteiger partial charge in [0.1, 0.15) is 22.9 Å². The van der Waals surface area contributed by atoms with E-state index in [4.69, 9.17) is 4.74 Å². The molecule has 2 aromatic carbocycles. The summed E-state index contributed by atoms with van der Waals surface area (Å²) in [7, 11) is 0. The molecular weight excluding hydrogens is 1310 g/mol. The number of halogens is 4. The van der Waals surface area contributed by atoms with Gasteiger partial charge in [-0.05, 0) is 186 Å². The first-order valence-corrected chi connectivity index (χ1v) is 31.5. The van der Waals surface area contributed by atoms with E-state index in [9.17, 15) is 19.2 Å². The summed E-state index contributed by atoms with van der Waals surface area (Å²) in [6.45, 7) is 5.27. The van der Waals surface area contributed by atoms with E-state index < -0.39 is 0 Å². The number of nitrogens with zero attached hydrogens (tertiary/aromatic N) is 8. The Morgan fingerprint density at radius 2 is 0.792 bits per heavy atom. The highest BCUT2D eigenvalue weighted by Crippen LogP contribution is 2.46. The van der Waals surface area contributed by atoms with Gasteiger partial charge in [-0.2, -0.15) is 0 Å². The first-order valence-electron chi connectivity index (χ1n) is 25.0. The van der Waals surface area contributed by atoms with Crippen LogP contribution in [0.3, 0.4) is 0 Å². The van der Waals surface area contributed by atoms with E-state index in [0.717, 1.165) is 107 Å². The van der Waals surface area contributed by atoms with Crippen molar-refractivity contribution in [1.82, 2.24) is 40.4 Å². The first-order chi connectivity index (χ1) is 37.4. The number of likely N-dealkylation sites (tertiary alicyclic amines) is 2. The molecule has 2 saturated heterocycles. The molecule has 2 aliphatic heterocycles. The number of aromatic nitrogens is 6. The minimum absolute atomic E-state index is 0.0235. The van der Waals surface area contributed by atoms with Crippen LogP contribution in [0.15, 0.2) is 136 Å². The topological polar surface area (TPSA) is 161 Å². The molecule has 13 nitrogen and oxygen atoms in total. The standard InChI is InChI=1S/C22H19Br2N3O2S2.C12H17NO2.C12H10O.C10H4Br2N4S2/c1-2-3-8-27-21(28)13-9-11-12(10-14(13)22(27)29)20(16-5-7-18(24)31-16)26-25-19(11)15-4-6-17(23)30-15;1-2-3-8-13-11(14)9-6-4-5-7-10(9)12(13)15;1-3-7-11(8-4-1)13-12-9-5-2-6-10-12;11-7-3-1-5(17-7)9-13-15-10(16-14-9)6-2-4-8(12)18-6/h4-7,13-14H,2-3,8-10H2,1H3;4-5,9-10H,2-3,6-8H2,1H3;1-10H;1-4H. The monoisotopic (exact) mass is 1360 g/mol. The minimum Gasteiger partial charge on any atom is -0.457 e. The molecule has 4 amide bonds. The summed E-state index contributed by atoms with van der Waals surface area (Å²) in [4.78, 5) is 57.0. The Balaban J connectivity index is 0.000000134. The molecule has 6 aromatic heterocycles. The maximum atomic E-state index is 13.1. The van der Waals surface area contributed by atoms with Gasteiger partial charge in [0.25, 0.3) is 0 Å². The number of thiophene rings is 4. The third kappa shape index (κ3) is 13.7. The summed E-state index contributed by atoms with van der Waals surface area (Å²) >= 11 is 20.2. The number of hydrogen-bond acceptors (Lipinski definition) is 15. The fourth-order valence-corrected chi connectivity index (χ4v) is 14.7. The normalized spacial score (nSPS) is 18.1. The zero-order valence-electron chi connectivity index (χ0n) is 41.7. The summed E-state index contributed by atoms with van der Waals surface area (Å²) in [6, 6.07) is 35.4. The molecule has 4 atom stereocenters. The highest BCUT2D eigenvalue weighted by atomic mass is 79.9. The molecule has 0 bridgehead atoms. The van der Waals surface area contributed by atoms with Gasteiger partial charge in [-0.3, -0.25) is 29.0 Å². The average Bonchev–Trinajstić information content (AvgIpc) is 4.39. The van der Waals surface area contributed by atoms with Crippen LogP contribution in [0, 0.1) is 23.7 Å². The number of allylic oxidation sites excluding steroid dienone is 2. The van der Waals surface area contributed by atoms with E-state index in [0.29, 0.717) is 37.6 Å². The third-order valence-corrected chi connectivity index (χ3v) is 19.7. The number of carbonyl (C=O) groups is 4. The van der Waals surface area contributed by atoms with Crippen LogP contribution in [-0.2, 0) is 32.0 Å². The fraction of sp³-hybridized carbons (Fsp3) is 0.286. The molecule has 0 saturated carbocycles. The molecule has 0 radical (unpaired) electrons. The van der Waals surface area contributed by atoms with Gasteiger partial charge in [-0.25, -0.2) is 0 Å². The number of fused-ring (bicyclic) bond motifs is 3. The maximum absolute atomic E-state index is 13.1. The molecular formula is C56H50Br4N8O5S4. The van der Waals surface area contributed by atoms with Crippen molar-refractivity contribution in [2.45, 2.75) is 65.2 Å². The molecule has 4 aliphatic rings. The zero-order chi connectivity index (χ0) is 54.0. The van der Waals surface area contributed by atoms with Crippen LogP contribution in [0.4, 0.5) is 0 Å². The Morgan fingerprint density at radius 1 is 0.455 bits per heavy atom. The number of benzene rings is 2. The van der Waals surface area contributed by atoms with Gasteiger partial charge in [0.05, 0.1) is 58.3 Å². The number of unbranched alkanes of at least 4 members (excludes halogenated alkanes) is 2. The second kappa shape index (κ2) is 26.8. The molecule has 21 heteroatoms. The van der Waals surface area contributed by atoms with Gasteiger partial charge in [-0.1, -0.05) is 75.2 Å². The van der Waals surface area contributed by atoms with Crippen molar-refractivity contribution in [3.63, 3.8) is 0 Å². The Kier molecular flexibility index (Phi) is 19.7. The molecule has 2 aliphatic carbocycles. The summed E-state index contributed by atoms with van der Waals surface area (Å²) in [5.41, 5.74) is 3.78. The van der Waals surface area contributed by atoms with E-state index in [1.54, 1.807) is 45.3 Å². The first kappa shape index (κ1) is 56.7. The number of hydrogen-bond donors (Lipinski definition) is 0. The van der Waals surface area contributed by atoms with E-state index in [1.165, 1.54) is 9.80 Å². The van der Waals surface area contributed by atoms with E-state index >= 15 is 0 Å². The Bertz CT molecular complexity index is 3160. The van der Waals surface area contributed by atoms with Crippen molar-refractivity contribution < 1.29 is 23.9 Å². The van der Waals surface area contributed by atoms with Gasteiger partial charge in [0.15, 0.2) is 0 Å². The van der Waals surface area contributed by atoms with E-state index in [1.807, 2.05) is 121 Å². The average molecular weight is 1360 g/mol. The van der Waals surface area contributed by atoms with Crippen LogP contribution in [0.5, 0.6) is 11.5 Å². The molecule has 4 unspecified atom stereocenters. The predicted molar refractivity (Wildman–Crippen MR) is 320 cm³/mol. The van der Waals surface area contributed by atoms with Gasteiger partial charge in [0, 0.05) is 13.1 Å². The van der Waals surface area contributed by atoms with Crippen LogP contribution in [0.1, 0.15) is 63.5 Å². The third-order valence-electron chi connectivity index (χ3n) is 13.2. The van der Waals surface area contributed by atoms with Crippen LogP contribution >= 0.6 is 109 Å². The molecule has 396 valence electrons. The van der Waals surface area contributed by atoms with Crippen molar-refractivity contribution in [2.24, 2.45) is 23.7 Å². The Hall–Kier alpha value is -5.00. The van der Waals surface area contributed by atoms with Crippen molar-refractivity contribution >= 4 is 133 Å². The summed E-state index contributed by atoms with van der Waals surface area (Å²) in [6.07, 6.45) is 10.3.